The van der Waals surface area contributed by atoms with Gasteiger partial charge >= 0.3 is 35.8 Å². The van der Waals surface area contributed by atoms with E-state index in [9.17, 15) is 43.2 Å². The average Bonchev–Trinajstić information content (AvgIpc) is 3.00. The van der Waals surface area contributed by atoms with E-state index in [1.165, 1.54) is 6.92 Å². The lowest BCUT2D eigenvalue weighted by Crippen LogP contribution is -2.40. The van der Waals surface area contributed by atoms with E-state index < -0.39 is 65.7 Å². The van der Waals surface area contributed by atoms with Crippen LogP contribution in [-0.2, 0) is 62.1 Å². The largest absolute Gasteiger partial charge is 0.466 e. The van der Waals surface area contributed by atoms with Crippen LogP contribution in [0.1, 0.15) is 75.1 Å². The molecule has 21 heteroatoms. The molecule has 0 aliphatic rings. The normalized spacial score (nSPS) is 11.5. The number of hydrogen-bond acceptors (Lipinski definition) is 15. The van der Waals surface area contributed by atoms with E-state index in [1.807, 2.05) is 0 Å². The molecule has 0 aliphatic carbocycles. The summed E-state index contributed by atoms with van der Waals surface area (Å²) < 4.78 is 25.1. The number of ether oxygens (including phenoxy) is 5. The van der Waals surface area contributed by atoms with Crippen molar-refractivity contribution in [1.29, 1.82) is 0 Å². The van der Waals surface area contributed by atoms with Crippen molar-refractivity contribution in [1.82, 2.24) is 10.6 Å². The number of carbonyl (C=O) groups is 9. The lowest BCUT2D eigenvalue weighted by molar-refractivity contribution is -0.155. The summed E-state index contributed by atoms with van der Waals surface area (Å²) in [7, 11) is 0. The van der Waals surface area contributed by atoms with Crippen LogP contribution in [0.25, 0.3) is 0 Å². The van der Waals surface area contributed by atoms with Gasteiger partial charge in [-0.1, -0.05) is 0 Å². The molecule has 51 heavy (non-hydrogen) atoms. The topological polar surface area (TPSA) is 236 Å². The quantitative estimate of drug-likeness (QED) is 0.0748. The van der Waals surface area contributed by atoms with E-state index >= 15 is 0 Å². The average molecular weight is 1060 g/mol. The number of rotatable bonds is 17. The Kier molecular flexibility index (Phi) is 20.2. The van der Waals surface area contributed by atoms with Crippen molar-refractivity contribution in [3.8, 4) is 0 Å². The molecule has 3 amide bonds. The van der Waals surface area contributed by atoms with Gasteiger partial charge in [-0.3, -0.25) is 38.4 Å². The van der Waals surface area contributed by atoms with Crippen LogP contribution < -0.4 is 15.7 Å². The van der Waals surface area contributed by atoms with Crippen molar-refractivity contribution in [3.05, 3.63) is 21.8 Å². The minimum absolute atomic E-state index is 0.0648. The number of amides is 3. The molecule has 282 valence electrons. The fraction of sp³-hybridized carbons (Fsp3) is 0.500. The van der Waals surface area contributed by atoms with Gasteiger partial charge in [0.05, 0.1) is 44.4 Å². The van der Waals surface area contributed by atoms with Gasteiger partial charge in [0.2, 0.25) is 0 Å². The molecule has 18 nitrogen and oxygen atoms in total. The fourth-order valence-electron chi connectivity index (χ4n) is 3.82. The first-order valence-electron chi connectivity index (χ1n) is 14.8. The highest BCUT2D eigenvalue weighted by molar-refractivity contribution is 14.1. The van der Waals surface area contributed by atoms with Gasteiger partial charge in [0.25, 0.3) is 17.7 Å². The van der Waals surface area contributed by atoms with Crippen LogP contribution in [0.15, 0.2) is 0 Å². The molecular formula is C30H36I3N3O15. The number of carbonyl (C=O) groups excluding carboxylic acids is 9. The fourth-order valence-corrected chi connectivity index (χ4v) is 8.41. The predicted octanol–water partition coefficient (Wildman–Crippen LogP) is 2.10. The van der Waals surface area contributed by atoms with E-state index in [2.05, 4.69) is 10.6 Å². The standard InChI is InChI=1S/C30H36I3N3O15/c1-14(37)36(51-22(43)8-7-9-46-15(2)38)28-26(32)23(29(44)34-10-20(49-18(5)41)12-47-16(3)39)25(31)24(27(28)33)30(45)35-11-21(50-19(6)42)13-48-17(4)40/h20-21H,7-13H2,1-6H3,(H,34,44)(H,35,45). The molecule has 0 heterocycles. The molecular weight excluding hydrogens is 1020 g/mol. The molecule has 0 bridgehead atoms. The van der Waals surface area contributed by atoms with Gasteiger partial charge in [0, 0.05) is 45.1 Å². The number of nitrogens with one attached hydrogen (secondary N) is 2. The Morgan fingerprint density at radius 1 is 0.608 bits per heavy atom. The van der Waals surface area contributed by atoms with Crippen LogP contribution >= 0.6 is 67.8 Å². The summed E-state index contributed by atoms with van der Waals surface area (Å²) in [5.41, 5.74) is -0.459. The van der Waals surface area contributed by atoms with Crippen molar-refractivity contribution < 1.29 is 71.7 Å². The van der Waals surface area contributed by atoms with E-state index in [1.54, 1.807) is 67.8 Å². The number of hydrogen-bond donors (Lipinski definition) is 2. The molecule has 2 atom stereocenters. The van der Waals surface area contributed by atoms with Crippen LogP contribution in [0.3, 0.4) is 0 Å². The third-order valence-electron chi connectivity index (χ3n) is 5.85. The first-order valence-corrected chi connectivity index (χ1v) is 18.0. The van der Waals surface area contributed by atoms with Gasteiger partial charge in [-0.25, -0.2) is 4.79 Å². The molecule has 0 aromatic heterocycles. The number of nitrogens with zero attached hydrogens (tertiary/aromatic N) is 1. The highest BCUT2D eigenvalue weighted by Gasteiger charge is 2.34. The summed E-state index contributed by atoms with van der Waals surface area (Å²) in [5.74, 6) is -6.65. The number of hydroxylamine groups is 1. The summed E-state index contributed by atoms with van der Waals surface area (Å²) in [5, 5.41) is 5.75. The summed E-state index contributed by atoms with van der Waals surface area (Å²) in [4.78, 5) is 116. The molecule has 0 saturated heterocycles. The summed E-state index contributed by atoms with van der Waals surface area (Å²) >= 11 is 5.23. The number of esters is 5. The minimum Gasteiger partial charge on any atom is -0.466 e. The Bertz CT molecular complexity index is 1450. The monoisotopic (exact) mass is 1060 g/mol. The Morgan fingerprint density at radius 3 is 1.37 bits per heavy atom. The number of benzene rings is 1. The predicted molar refractivity (Wildman–Crippen MR) is 199 cm³/mol. The number of anilines is 1. The molecule has 0 saturated carbocycles. The summed E-state index contributed by atoms with van der Waals surface area (Å²) in [6.45, 7) is 5.29. The first-order chi connectivity index (χ1) is 23.8. The third-order valence-corrected chi connectivity index (χ3v) is 9.03. The van der Waals surface area contributed by atoms with E-state index in [0.717, 1.165) is 34.6 Å². The van der Waals surface area contributed by atoms with Crippen LogP contribution in [0.2, 0.25) is 0 Å². The van der Waals surface area contributed by atoms with Crippen LogP contribution in [0.5, 0.6) is 0 Å². The van der Waals surface area contributed by atoms with E-state index in [0.29, 0.717) is 5.06 Å². The third kappa shape index (κ3) is 16.2. The maximum atomic E-state index is 13.8. The van der Waals surface area contributed by atoms with E-state index in [4.69, 9.17) is 28.5 Å². The van der Waals surface area contributed by atoms with E-state index in [-0.39, 0.29) is 73.3 Å². The smallest absolute Gasteiger partial charge is 0.333 e. The summed E-state index contributed by atoms with van der Waals surface area (Å²) in [6.07, 6.45) is -2.38. The zero-order chi connectivity index (χ0) is 39.0. The Morgan fingerprint density at radius 2 is 1.02 bits per heavy atom. The van der Waals surface area contributed by atoms with Crippen molar-refractivity contribution in [2.24, 2.45) is 0 Å². The second kappa shape index (κ2) is 22.5. The summed E-state index contributed by atoms with van der Waals surface area (Å²) in [6, 6.07) is 0. The Balaban J connectivity index is 3.71. The lowest BCUT2D eigenvalue weighted by Gasteiger charge is -2.26. The van der Waals surface area contributed by atoms with Gasteiger partial charge in [-0.2, -0.15) is 0 Å². The second-order valence-corrected chi connectivity index (χ2v) is 13.5. The van der Waals surface area contributed by atoms with Gasteiger partial charge in [-0.15, -0.1) is 5.06 Å². The van der Waals surface area contributed by atoms with Gasteiger partial charge in [0.1, 0.15) is 18.9 Å². The highest BCUT2D eigenvalue weighted by atomic mass is 127. The molecule has 0 fully saturated rings. The van der Waals surface area contributed by atoms with Crippen molar-refractivity contribution in [2.45, 2.75) is 66.6 Å². The van der Waals surface area contributed by atoms with Crippen LogP contribution in [-0.4, -0.2) is 98.7 Å². The van der Waals surface area contributed by atoms with Gasteiger partial charge < -0.3 is 39.2 Å². The Hall–Kier alpha value is -3.36. The second-order valence-electron chi connectivity index (χ2n) is 10.2. The molecule has 1 aromatic rings. The van der Waals surface area contributed by atoms with Gasteiger partial charge in [0.15, 0.2) is 12.2 Å². The lowest BCUT2D eigenvalue weighted by atomic mass is 10.1. The molecule has 2 unspecified atom stereocenters. The van der Waals surface area contributed by atoms with Crippen molar-refractivity contribution in [3.63, 3.8) is 0 Å². The first kappa shape index (κ1) is 45.7. The molecule has 2 N–H and O–H groups in total. The highest BCUT2D eigenvalue weighted by Crippen LogP contribution is 2.38. The Labute approximate surface area is 333 Å². The zero-order valence-electron chi connectivity index (χ0n) is 28.3. The maximum absolute atomic E-state index is 13.8. The molecule has 1 rings (SSSR count). The van der Waals surface area contributed by atoms with Crippen molar-refractivity contribution >= 4 is 127 Å². The SMILES string of the molecule is CC(=O)OCCCC(=O)ON(C(C)=O)c1c(I)c(C(=O)NCC(COC(C)=O)OC(C)=O)c(I)c(C(=O)NCC(COC(C)=O)OC(C)=O)c1I. The molecule has 0 spiro atoms. The van der Waals surface area contributed by atoms with Crippen molar-refractivity contribution in [2.75, 3.05) is 38.0 Å². The number of halogens is 3. The maximum Gasteiger partial charge on any atom is 0.333 e. The molecule has 0 aliphatic heterocycles. The zero-order valence-corrected chi connectivity index (χ0v) is 34.8. The van der Waals surface area contributed by atoms with Crippen LogP contribution in [0, 0.1) is 10.7 Å². The van der Waals surface area contributed by atoms with Crippen LogP contribution in [0.4, 0.5) is 5.69 Å². The minimum atomic E-state index is -1.09. The van der Waals surface area contributed by atoms with Gasteiger partial charge in [-0.05, 0) is 74.2 Å². The molecule has 1 aromatic carbocycles. The molecule has 0 radical (unpaired) electrons.